The summed E-state index contributed by atoms with van der Waals surface area (Å²) in [6, 6.07) is 4.82. The molecule has 0 saturated carbocycles. The Morgan fingerprint density at radius 1 is 1.27 bits per heavy atom. The number of ether oxygens (including phenoxy) is 1. The molecule has 1 unspecified atom stereocenters. The van der Waals surface area contributed by atoms with Crippen molar-refractivity contribution in [1.29, 1.82) is 0 Å². The van der Waals surface area contributed by atoms with Gasteiger partial charge in [0, 0.05) is 6.04 Å². The summed E-state index contributed by atoms with van der Waals surface area (Å²) >= 11 is 1.08. The zero-order valence-corrected chi connectivity index (χ0v) is 15.9. The van der Waals surface area contributed by atoms with Gasteiger partial charge in [0.15, 0.2) is 12.4 Å². The summed E-state index contributed by atoms with van der Waals surface area (Å²) in [5.74, 6) is -0.887. The maximum atomic E-state index is 12.2. The number of furan rings is 1. The van der Waals surface area contributed by atoms with E-state index in [9.17, 15) is 14.4 Å². The number of hydrogen-bond acceptors (Lipinski definition) is 6. The lowest BCUT2D eigenvalue weighted by atomic mass is 10.1. The summed E-state index contributed by atoms with van der Waals surface area (Å²) in [5.41, 5.74) is 0.658. The van der Waals surface area contributed by atoms with Gasteiger partial charge in [-0.05, 0) is 43.5 Å². The molecule has 1 atom stereocenters. The van der Waals surface area contributed by atoms with Crippen molar-refractivity contribution in [3.63, 3.8) is 0 Å². The van der Waals surface area contributed by atoms with Crippen molar-refractivity contribution in [2.24, 2.45) is 5.92 Å². The maximum absolute atomic E-state index is 12.2. The lowest BCUT2D eigenvalue weighted by Crippen LogP contribution is -2.38. The first-order valence-electron chi connectivity index (χ1n) is 8.19. The first kappa shape index (κ1) is 19.7. The van der Waals surface area contributed by atoms with Crippen LogP contribution >= 0.6 is 11.3 Å². The summed E-state index contributed by atoms with van der Waals surface area (Å²) in [6.45, 7) is 7.26. The molecular weight excluding hydrogens is 356 g/mol. The largest absolute Gasteiger partial charge is 0.459 e. The van der Waals surface area contributed by atoms with E-state index in [1.807, 2.05) is 20.8 Å². The minimum atomic E-state index is -0.599. The van der Waals surface area contributed by atoms with Crippen LogP contribution in [-0.2, 0) is 9.53 Å². The molecule has 2 rings (SSSR count). The predicted molar refractivity (Wildman–Crippen MR) is 98.4 cm³/mol. The average molecular weight is 378 g/mol. The van der Waals surface area contributed by atoms with E-state index in [4.69, 9.17) is 9.15 Å². The van der Waals surface area contributed by atoms with Gasteiger partial charge >= 0.3 is 5.97 Å². The third kappa shape index (κ3) is 5.19. The Morgan fingerprint density at radius 3 is 2.62 bits per heavy atom. The molecule has 2 heterocycles. The van der Waals surface area contributed by atoms with Gasteiger partial charge in [0.2, 0.25) is 0 Å². The fourth-order valence-electron chi connectivity index (χ4n) is 1.99. The standard InChI is InChI=1S/C18H22N2O5S/c1-10(2)12(4)19-14(21)9-25-18(23)16-11(3)8-15(26-16)20-17(22)13-6-5-7-24-13/h5-8,10,12H,9H2,1-4H3,(H,19,21)(H,20,22). The minimum absolute atomic E-state index is 0.00640. The van der Waals surface area contributed by atoms with Gasteiger partial charge in [0.05, 0.1) is 11.3 Å². The summed E-state index contributed by atoms with van der Waals surface area (Å²) in [5, 5.41) is 5.92. The van der Waals surface area contributed by atoms with Crippen LogP contribution in [0.4, 0.5) is 5.00 Å². The number of anilines is 1. The zero-order valence-electron chi connectivity index (χ0n) is 15.1. The first-order valence-corrected chi connectivity index (χ1v) is 9.01. The molecule has 0 aromatic carbocycles. The molecular formula is C18H22N2O5S. The van der Waals surface area contributed by atoms with Crippen LogP contribution in [0.2, 0.25) is 0 Å². The van der Waals surface area contributed by atoms with Gasteiger partial charge in [-0.25, -0.2) is 4.79 Å². The lowest BCUT2D eigenvalue weighted by Gasteiger charge is -2.17. The molecule has 0 aliphatic rings. The molecule has 26 heavy (non-hydrogen) atoms. The number of hydrogen-bond donors (Lipinski definition) is 2. The molecule has 2 amide bonds. The number of aryl methyl sites for hydroxylation is 1. The zero-order chi connectivity index (χ0) is 19.3. The van der Waals surface area contributed by atoms with Gasteiger partial charge < -0.3 is 19.8 Å². The van der Waals surface area contributed by atoms with Gasteiger partial charge in [-0.15, -0.1) is 11.3 Å². The van der Waals surface area contributed by atoms with Crippen molar-refractivity contribution in [3.05, 3.63) is 40.7 Å². The highest BCUT2D eigenvalue weighted by Crippen LogP contribution is 2.27. The van der Waals surface area contributed by atoms with E-state index in [-0.39, 0.29) is 30.2 Å². The molecule has 0 fully saturated rings. The average Bonchev–Trinajstić information content (AvgIpc) is 3.22. The highest BCUT2D eigenvalue weighted by Gasteiger charge is 2.19. The van der Waals surface area contributed by atoms with Crippen LogP contribution in [0.25, 0.3) is 0 Å². The fourth-order valence-corrected chi connectivity index (χ4v) is 2.95. The second-order valence-corrected chi connectivity index (χ2v) is 7.28. The highest BCUT2D eigenvalue weighted by molar-refractivity contribution is 7.18. The van der Waals surface area contributed by atoms with Gasteiger partial charge in [0.25, 0.3) is 11.8 Å². The third-order valence-electron chi connectivity index (χ3n) is 3.81. The Morgan fingerprint density at radius 2 is 2.00 bits per heavy atom. The predicted octanol–water partition coefficient (Wildman–Crippen LogP) is 3.22. The molecule has 140 valence electrons. The Labute approximate surface area is 155 Å². The fraction of sp³-hybridized carbons (Fsp3) is 0.389. The SMILES string of the molecule is Cc1cc(NC(=O)c2ccco2)sc1C(=O)OCC(=O)NC(C)C(C)C. The van der Waals surface area contributed by atoms with Crippen molar-refractivity contribution in [1.82, 2.24) is 5.32 Å². The molecule has 7 nitrogen and oxygen atoms in total. The second kappa shape index (κ2) is 8.66. The van der Waals surface area contributed by atoms with Gasteiger partial charge in [-0.2, -0.15) is 0 Å². The molecule has 2 N–H and O–H groups in total. The third-order valence-corrected chi connectivity index (χ3v) is 4.94. The van der Waals surface area contributed by atoms with Gasteiger partial charge in [-0.3, -0.25) is 9.59 Å². The van der Waals surface area contributed by atoms with Crippen LogP contribution in [0.15, 0.2) is 28.9 Å². The molecule has 0 bridgehead atoms. The Kier molecular flexibility index (Phi) is 6.57. The molecule has 0 spiro atoms. The minimum Gasteiger partial charge on any atom is -0.459 e. The van der Waals surface area contributed by atoms with E-state index >= 15 is 0 Å². The molecule has 0 aliphatic carbocycles. The van der Waals surface area contributed by atoms with E-state index < -0.39 is 11.9 Å². The number of rotatable bonds is 7. The molecule has 0 saturated heterocycles. The molecule has 0 aliphatic heterocycles. The van der Waals surface area contributed by atoms with Crippen molar-refractivity contribution in [3.8, 4) is 0 Å². The number of thiophene rings is 1. The van der Waals surface area contributed by atoms with Crippen LogP contribution in [0.3, 0.4) is 0 Å². The van der Waals surface area contributed by atoms with E-state index in [0.717, 1.165) is 11.3 Å². The number of esters is 1. The van der Waals surface area contributed by atoms with Gasteiger partial charge in [-0.1, -0.05) is 13.8 Å². The summed E-state index contributed by atoms with van der Waals surface area (Å²) in [6.07, 6.45) is 1.41. The number of amides is 2. The molecule has 0 radical (unpaired) electrons. The van der Waals surface area contributed by atoms with Gasteiger partial charge in [0.1, 0.15) is 4.88 Å². The topological polar surface area (TPSA) is 97.6 Å². The molecule has 8 heteroatoms. The van der Waals surface area contributed by atoms with Crippen LogP contribution in [0, 0.1) is 12.8 Å². The van der Waals surface area contributed by atoms with Crippen LogP contribution < -0.4 is 10.6 Å². The first-order chi connectivity index (χ1) is 12.3. The summed E-state index contributed by atoms with van der Waals surface area (Å²) in [7, 11) is 0. The smallest absolute Gasteiger partial charge is 0.349 e. The maximum Gasteiger partial charge on any atom is 0.349 e. The quantitative estimate of drug-likeness (QED) is 0.721. The van der Waals surface area contributed by atoms with Crippen molar-refractivity contribution in [2.45, 2.75) is 33.7 Å². The van der Waals surface area contributed by atoms with Crippen molar-refractivity contribution < 1.29 is 23.5 Å². The molecule has 2 aromatic rings. The van der Waals surface area contributed by atoms with Crippen LogP contribution in [0.1, 0.15) is 46.6 Å². The highest BCUT2D eigenvalue weighted by atomic mass is 32.1. The van der Waals surface area contributed by atoms with Crippen LogP contribution in [-0.4, -0.2) is 30.4 Å². The number of nitrogens with one attached hydrogen (secondary N) is 2. The monoisotopic (exact) mass is 378 g/mol. The normalized spacial score (nSPS) is 11.9. The second-order valence-electron chi connectivity index (χ2n) is 6.23. The van der Waals surface area contributed by atoms with E-state index in [2.05, 4.69) is 10.6 Å². The Bertz CT molecular complexity index is 780. The number of carbonyl (C=O) groups excluding carboxylic acids is 3. The summed E-state index contributed by atoms with van der Waals surface area (Å²) in [4.78, 5) is 36.3. The van der Waals surface area contributed by atoms with E-state index in [1.54, 1.807) is 25.1 Å². The van der Waals surface area contributed by atoms with Crippen molar-refractivity contribution in [2.75, 3.05) is 11.9 Å². The molecule has 2 aromatic heterocycles. The van der Waals surface area contributed by atoms with Crippen LogP contribution in [0.5, 0.6) is 0 Å². The lowest BCUT2D eigenvalue weighted by molar-refractivity contribution is -0.125. The number of carbonyl (C=O) groups is 3. The van der Waals surface area contributed by atoms with E-state index in [1.165, 1.54) is 6.26 Å². The Hall–Kier alpha value is -2.61. The summed E-state index contributed by atoms with van der Waals surface area (Å²) < 4.78 is 10.1. The Balaban J connectivity index is 1.92. The van der Waals surface area contributed by atoms with E-state index in [0.29, 0.717) is 15.4 Å². The van der Waals surface area contributed by atoms with Crippen molar-refractivity contribution >= 4 is 34.1 Å².